The first-order valence-corrected chi connectivity index (χ1v) is 8.81. The van der Waals surface area contributed by atoms with Crippen molar-refractivity contribution in [2.75, 3.05) is 0 Å². The minimum absolute atomic E-state index is 0.0917. The first-order chi connectivity index (χ1) is 13.3. The number of carboxylic acids is 1. The number of carbonyl (C=O) groups excluding carboxylic acids is 1. The van der Waals surface area contributed by atoms with Crippen LogP contribution in [0.1, 0.15) is 21.5 Å². The zero-order chi connectivity index (χ0) is 20.4. The Hall–Kier alpha value is -2.90. The van der Waals surface area contributed by atoms with Gasteiger partial charge in [0.1, 0.15) is 11.4 Å². The fourth-order valence-electron chi connectivity index (χ4n) is 2.75. The lowest BCUT2D eigenvalue weighted by molar-refractivity contribution is -0.120. The summed E-state index contributed by atoms with van der Waals surface area (Å²) in [5, 5.41) is 12.3. The lowest BCUT2D eigenvalue weighted by atomic mass is 10.1. The van der Waals surface area contributed by atoms with E-state index in [0.29, 0.717) is 10.9 Å². The molecule has 0 unspecified atom stereocenters. The van der Waals surface area contributed by atoms with Crippen molar-refractivity contribution in [3.8, 4) is 0 Å². The van der Waals surface area contributed by atoms with Crippen LogP contribution in [0.4, 0.5) is 4.39 Å². The molecule has 1 aromatic heterocycles. The van der Waals surface area contributed by atoms with Crippen LogP contribution in [-0.4, -0.2) is 22.0 Å². The lowest BCUT2D eigenvalue weighted by Gasteiger charge is -2.12. The Balaban J connectivity index is 1.92. The molecule has 0 saturated carbocycles. The van der Waals surface area contributed by atoms with Crippen LogP contribution in [-0.2, 0) is 17.8 Å². The van der Waals surface area contributed by atoms with Gasteiger partial charge in [-0.25, -0.2) is 9.18 Å². The van der Waals surface area contributed by atoms with E-state index in [1.807, 2.05) is 0 Å². The van der Waals surface area contributed by atoms with Crippen molar-refractivity contribution in [3.05, 3.63) is 79.3 Å². The Labute approximate surface area is 167 Å². The number of H-pyrrole nitrogens is 1. The Morgan fingerprint density at radius 2 is 1.89 bits per heavy atom. The third-order valence-corrected chi connectivity index (χ3v) is 4.96. The highest BCUT2D eigenvalue weighted by atomic mass is 35.5. The monoisotopic (exact) mass is 422 g/mol. The fourth-order valence-corrected chi connectivity index (χ4v) is 3.20. The SMILES string of the molecule is O=C(Cc1ccccc1F)NCc1c(Cl)c(Cl)cc2cc(C(=O)O)c(=O)[nH]c12. The molecule has 0 aliphatic heterocycles. The molecule has 3 aromatic rings. The molecule has 1 heterocycles. The van der Waals surface area contributed by atoms with Crippen LogP contribution in [0.25, 0.3) is 10.9 Å². The quantitative estimate of drug-likeness (QED) is 0.585. The summed E-state index contributed by atoms with van der Waals surface area (Å²) in [5.41, 5.74) is -0.435. The zero-order valence-electron chi connectivity index (χ0n) is 14.2. The number of hydrogen-bond acceptors (Lipinski definition) is 3. The highest BCUT2D eigenvalue weighted by molar-refractivity contribution is 6.43. The van der Waals surface area contributed by atoms with E-state index in [1.165, 1.54) is 30.3 Å². The summed E-state index contributed by atoms with van der Waals surface area (Å²) < 4.78 is 13.7. The number of carbonyl (C=O) groups is 2. The summed E-state index contributed by atoms with van der Waals surface area (Å²) in [7, 11) is 0. The van der Waals surface area contributed by atoms with Gasteiger partial charge in [0, 0.05) is 17.5 Å². The van der Waals surface area contributed by atoms with Crippen LogP contribution in [0, 0.1) is 5.82 Å². The molecule has 0 atom stereocenters. The van der Waals surface area contributed by atoms with Crippen molar-refractivity contribution in [1.29, 1.82) is 0 Å². The maximum Gasteiger partial charge on any atom is 0.341 e. The Morgan fingerprint density at radius 1 is 1.18 bits per heavy atom. The molecule has 0 aliphatic carbocycles. The molecule has 3 rings (SSSR count). The zero-order valence-corrected chi connectivity index (χ0v) is 15.7. The molecule has 9 heteroatoms. The van der Waals surface area contributed by atoms with Crippen molar-refractivity contribution in [2.45, 2.75) is 13.0 Å². The third-order valence-electron chi connectivity index (χ3n) is 4.13. The number of fused-ring (bicyclic) bond motifs is 1. The Bertz CT molecular complexity index is 1160. The molecule has 0 aliphatic rings. The van der Waals surface area contributed by atoms with Gasteiger partial charge in [-0.2, -0.15) is 0 Å². The van der Waals surface area contributed by atoms with Crippen molar-refractivity contribution < 1.29 is 19.1 Å². The Morgan fingerprint density at radius 3 is 2.57 bits per heavy atom. The summed E-state index contributed by atoms with van der Waals surface area (Å²) in [6, 6.07) is 8.51. The second kappa shape index (κ2) is 8.00. The van der Waals surface area contributed by atoms with E-state index in [0.717, 1.165) is 0 Å². The minimum atomic E-state index is -1.38. The molecule has 0 spiro atoms. The molecular weight excluding hydrogens is 410 g/mol. The summed E-state index contributed by atoms with van der Waals surface area (Å²) in [4.78, 5) is 37.8. The second-order valence-electron chi connectivity index (χ2n) is 5.98. The fraction of sp³-hybridized carbons (Fsp3) is 0.105. The second-order valence-corrected chi connectivity index (χ2v) is 6.76. The third kappa shape index (κ3) is 4.00. The number of carboxylic acid groups (broad SMARTS) is 1. The van der Waals surface area contributed by atoms with Gasteiger partial charge in [-0.3, -0.25) is 9.59 Å². The number of aromatic nitrogens is 1. The number of benzene rings is 2. The number of hydrogen-bond donors (Lipinski definition) is 3. The highest BCUT2D eigenvalue weighted by Crippen LogP contribution is 2.32. The lowest BCUT2D eigenvalue weighted by Crippen LogP contribution is -2.26. The number of aromatic amines is 1. The van der Waals surface area contributed by atoms with Gasteiger partial charge < -0.3 is 15.4 Å². The molecule has 6 nitrogen and oxygen atoms in total. The van der Waals surface area contributed by atoms with Crippen LogP contribution in [0.3, 0.4) is 0 Å². The average molecular weight is 423 g/mol. The topological polar surface area (TPSA) is 99.3 Å². The summed E-state index contributed by atoms with van der Waals surface area (Å²) >= 11 is 12.3. The summed E-state index contributed by atoms with van der Waals surface area (Å²) in [6.07, 6.45) is -0.178. The molecule has 0 radical (unpaired) electrons. The van der Waals surface area contributed by atoms with Crippen molar-refractivity contribution in [2.24, 2.45) is 0 Å². The molecule has 28 heavy (non-hydrogen) atoms. The van der Waals surface area contributed by atoms with Gasteiger partial charge in [-0.1, -0.05) is 41.4 Å². The minimum Gasteiger partial charge on any atom is -0.477 e. The summed E-state index contributed by atoms with van der Waals surface area (Å²) in [5.74, 6) is -2.33. The van der Waals surface area contributed by atoms with E-state index < -0.39 is 28.8 Å². The van der Waals surface area contributed by atoms with E-state index in [1.54, 1.807) is 6.07 Å². The van der Waals surface area contributed by atoms with Crippen LogP contribution in [0.2, 0.25) is 10.0 Å². The molecule has 0 bridgehead atoms. The smallest absolute Gasteiger partial charge is 0.341 e. The molecule has 0 saturated heterocycles. The van der Waals surface area contributed by atoms with E-state index in [2.05, 4.69) is 10.3 Å². The van der Waals surface area contributed by atoms with Crippen molar-refractivity contribution in [3.63, 3.8) is 0 Å². The number of aromatic carboxylic acids is 1. The standard InChI is InChI=1S/C19H13Cl2FN2O4/c20-13-6-10-5-11(19(27)28)18(26)24-17(10)12(16(13)21)8-23-15(25)7-9-3-1-2-4-14(9)22/h1-6H,7-8H2,(H,23,25)(H,24,26)(H,27,28). The van der Waals surface area contributed by atoms with Gasteiger partial charge in [0.25, 0.3) is 5.56 Å². The highest BCUT2D eigenvalue weighted by Gasteiger charge is 2.17. The molecule has 144 valence electrons. The van der Waals surface area contributed by atoms with Crippen molar-refractivity contribution in [1.82, 2.24) is 10.3 Å². The first kappa shape index (κ1) is 19.9. The van der Waals surface area contributed by atoms with Gasteiger partial charge in [-0.05, 0) is 23.8 Å². The number of pyridine rings is 1. The van der Waals surface area contributed by atoms with Gasteiger partial charge in [-0.15, -0.1) is 0 Å². The predicted molar refractivity (Wildman–Crippen MR) is 103 cm³/mol. The van der Waals surface area contributed by atoms with Crippen molar-refractivity contribution >= 4 is 46.0 Å². The van der Waals surface area contributed by atoms with Crippen LogP contribution in [0.5, 0.6) is 0 Å². The average Bonchev–Trinajstić information content (AvgIpc) is 2.64. The first-order valence-electron chi connectivity index (χ1n) is 8.05. The summed E-state index contributed by atoms with van der Waals surface area (Å²) in [6.45, 7) is -0.0917. The van der Waals surface area contributed by atoms with Crippen LogP contribution < -0.4 is 10.9 Å². The van der Waals surface area contributed by atoms with E-state index in [-0.39, 0.29) is 34.1 Å². The van der Waals surface area contributed by atoms with E-state index >= 15 is 0 Å². The molecule has 1 amide bonds. The normalized spacial score (nSPS) is 10.8. The van der Waals surface area contributed by atoms with Crippen LogP contribution >= 0.6 is 23.2 Å². The number of halogens is 3. The number of amides is 1. The van der Waals surface area contributed by atoms with Gasteiger partial charge in [0.2, 0.25) is 5.91 Å². The largest absolute Gasteiger partial charge is 0.477 e. The van der Waals surface area contributed by atoms with Gasteiger partial charge in [0.05, 0.1) is 22.0 Å². The van der Waals surface area contributed by atoms with E-state index in [9.17, 15) is 18.8 Å². The maximum atomic E-state index is 13.7. The number of rotatable bonds is 5. The molecule has 3 N–H and O–H groups in total. The Kier molecular flexibility index (Phi) is 5.67. The molecule has 0 fully saturated rings. The van der Waals surface area contributed by atoms with Gasteiger partial charge >= 0.3 is 5.97 Å². The van der Waals surface area contributed by atoms with Crippen LogP contribution in [0.15, 0.2) is 41.2 Å². The maximum absolute atomic E-state index is 13.7. The van der Waals surface area contributed by atoms with E-state index in [4.69, 9.17) is 28.3 Å². The van der Waals surface area contributed by atoms with Gasteiger partial charge in [0.15, 0.2) is 0 Å². The predicted octanol–water partition coefficient (Wildman–Crippen LogP) is 3.53. The molecule has 2 aromatic carbocycles. The number of nitrogens with one attached hydrogen (secondary N) is 2. The molecular formula is C19H13Cl2FN2O4.